The number of fused-ring (bicyclic) bond motifs is 1. The first-order valence-electron chi connectivity index (χ1n) is 8.95. The zero-order valence-corrected chi connectivity index (χ0v) is 15.3. The lowest BCUT2D eigenvalue weighted by Gasteiger charge is -2.22. The van der Waals surface area contributed by atoms with Crippen LogP contribution in [-0.2, 0) is 0 Å². The van der Waals surface area contributed by atoms with Crippen molar-refractivity contribution in [2.45, 2.75) is 0 Å². The minimum absolute atomic E-state index is 0.209. The molecule has 3 nitrogen and oxygen atoms in total. The van der Waals surface area contributed by atoms with Crippen LogP contribution in [0, 0.1) is 12.3 Å². The Morgan fingerprint density at radius 3 is 2.57 bits per heavy atom. The lowest BCUT2D eigenvalue weighted by molar-refractivity contribution is 0.370. The Morgan fingerprint density at radius 1 is 0.964 bits per heavy atom. The Balaban J connectivity index is 1.75. The van der Waals surface area contributed by atoms with E-state index in [1.54, 1.807) is 0 Å². The molecule has 0 aromatic heterocycles. The minimum Gasteiger partial charge on any atom is -0.481 e. The molecule has 0 bridgehead atoms. The topological polar surface area (TPSA) is 30.5 Å². The van der Waals surface area contributed by atoms with Crippen LogP contribution in [0.4, 0.5) is 11.4 Å². The van der Waals surface area contributed by atoms with Crippen LogP contribution >= 0.6 is 0 Å². The van der Waals surface area contributed by atoms with Crippen LogP contribution in [0.25, 0.3) is 11.3 Å². The van der Waals surface area contributed by atoms with Crippen molar-refractivity contribution in [3.05, 3.63) is 96.6 Å². The predicted molar refractivity (Wildman–Crippen MR) is 115 cm³/mol. The zero-order chi connectivity index (χ0) is 19.3. The number of nitrogens with one attached hydrogen (secondary N) is 1. The number of allylic oxidation sites excluding steroid dienone is 2. The second-order valence-corrected chi connectivity index (χ2v) is 6.32. The summed E-state index contributed by atoms with van der Waals surface area (Å²) < 4.78 is 11.8. The van der Waals surface area contributed by atoms with Gasteiger partial charge >= 0.3 is 0 Å². The molecular weight excluding hydrogens is 346 g/mol. The second kappa shape index (κ2) is 7.77. The average Bonchev–Trinajstić information content (AvgIpc) is 2.74. The Bertz CT molecular complexity index is 1090. The highest BCUT2D eigenvalue weighted by Gasteiger charge is 2.19. The fourth-order valence-corrected chi connectivity index (χ4v) is 3.07. The van der Waals surface area contributed by atoms with Crippen molar-refractivity contribution in [3.8, 4) is 23.8 Å². The number of hydrogen-bond acceptors (Lipinski definition) is 3. The molecule has 0 radical (unpaired) electrons. The highest BCUT2D eigenvalue weighted by Crippen LogP contribution is 2.39. The molecule has 1 aliphatic heterocycles. The van der Waals surface area contributed by atoms with E-state index in [9.17, 15) is 0 Å². The van der Waals surface area contributed by atoms with Gasteiger partial charge in [0.1, 0.15) is 23.9 Å². The summed E-state index contributed by atoms with van der Waals surface area (Å²) in [5.74, 6) is 4.66. The zero-order valence-electron chi connectivity index (χ0n) is 15.3. The molecular formula is C25H19NO2. The molecule has 3 heteroatoms. The van der Waals surface area contributed by atoms with Crippen molar-refractivity contribution in [1.29, 1.82) is 0 Å². The summed E-state index contributed by atoms with van der Waals surface area (Å²) in [7, 11) is 0. The molecule has 0 saturated carbocycles. The van der Waals surface area contributed by atoms with E-state index in [0.29, 0.717) is 11.5 Å². The monoisotopic (exact) mass is 365 g/mol. The lowest BCUT2D eigenvalue weighted by atomic mass is 10.00. The summed E-state index contributed by atoms with van der Waals surface area (Å²) in [6, 6.07) is 23.6. The van der Waals surface area contributed by atoms with E-state index in [0.717, 1.165) is 33.8 Å². The molecule has 0 spiro atoms. The van der Waals surface area contributed by atoms with Gasteiger partial charge in [-0.25, -0.2) is 0 Å². The normalized spacial score (nSPS) is 12.2. The van der Waals surface area contributed by atoms with Crippen LogP contribution in [0.5, 0.6) is 11.5 Å². The van der Waals surface area contributed by atoms with Crippen molar-refractivity contribution in [2.75, 3.05) is 11.9 Å². The third kappa shape index (κ3) is 3.62. The molecule has 1 aliphatic rings. The van der Waals surface area contributed by atoms with E-state index in [1.807, 2.05) is 78.9 Å². The Labute approximate surface area is 164 Å². The van der Waals surface area contributed by atoms with E-state index < -0.39 is 0 Å². The molecule has 1 N–H and O–H groups in total. The molecule has 3 aromatic carbocycles. The van der Waals surface area contributed by atoms with Crippen molar-refractivity contribution in [3.63, 3.8) is 0 Å². The fourth-order valence-electron chi connectivity index (χ4n) is 3.07. The van der Waals surface area contributed by atoms with Crippen LogP contribution in [0.3, 0.4) is 0 Å². The van der Waals surface area contributed by atoms with Crippen molar-refractivity contribution < 1.29 is 9.47 Å². The first kappa shape index (κ1) is 17.5. The average molecular weight is 365 g/mol. The molecule has 0 fully saturated rings. The third-order valence-electron chi connectivity index (χ3n) is 4.39. The minimum atomic E-state index is 0.209. The summed E-state index contributed by atoms with van der Waals surface area (Å²) >= 11 is 0. The predicted octanol–water partition coefficient (Wildman–Crippen LogP) is 5.89. The quantitative estimate of drug-likeness (QED) is 0.572. The molecule has 136 valence electrons. The van der Waals surface area contributed by atoms with E-state index in [4.69, 9.17) is 15.9 Å². The molecule has 28 heavy (non-hydrogen) atoms. The van der Waals surface area contributed by atoms with Gasteiger partial charge < -0.3 is 14.8 Å². The lowest BCUT2D eigenvalue weighted by Crippen LogP contribution is -2.06. The highest BCUT2D eigenvalue weighted by molar-refractivity contribution is 5.90. The van der Waals surface area contributed by atoms with Gasteiger partial charge in [0, 0.05) is 22.5 Å². The number of rotatable bonds is 5. The van der Waals surface area contributed by atoms with E-state index in [-0.39, 0.29) is 6.61 Å². The number of terminal acetylenes is 1. The maximum Gasteiger partial charge on any atom is 0.148 e. The summed E-state index contributed by atoms with van der Waals surface area (Å²) in [4.78, 5) is 0. The van der Waals surface area contributed by atoms with Gasteiger partial charge in [0.15, 0.2) is 0 Å². The van der Waals surface area contributed by atoms with Crippen LogP contribution < -0.4 is 14.8 Å². The third-order valence-corrected chi connectivity index (χ3v) is 4.39. The maximum atomic E-state index is 6.19. The van der Waals surface area contributed by atoms with Gasteiger partial charge in [-0.15, -0.1) is 6.42 Å². The molecule has 1 heterocycles. The van der Waals surface area contributed by atoms with Crippen molar-refractivity contribution >= 4 is 22.7 Å². The Morgan fingerprint density at radius 2 is 1.75 bits per heavy atom. The molecule has 0 atom stereocenters. The van der Waals surface area contributed by atoms with E-state index in [1.165, 1.54) is 0 Å². The SMILES string of the molecule is C#CCOc1ccc(Nc2ccccc2)c(C2=CC(=C)c3ccccc3O2)c1. The summed E-state index contributed by atoms with van der Waals surface area (Å²) in [5, 5.41) is 3.45. The second-order valence-electron chi connectivity index (χ2n) is 6.32. The van der Waals surface area contributed by atoms with Crippen LogP contribution in [0.15, 0.2) is 85.5 Å². The van der Waals surface area contributed by atoms with Gasteiger partial charge in [0.05, 0.1) is 0 Å². The van der Waals surface area contributed by atoms with Crippen LogP contribution in [0.1, 0.15) is 11.1 Å². The smallest absolute Gasteiger partial charge is 0.148 e. The number of ether oxygens (including phenoxy) is 2. The van der Waals surface area contributed by atoms with Crippen molar-refractivity contribution in [2.24, 2.45) is 0 Å². The summed E-state index contributed by atoms with van der Waals surface area (Å²) in [6.07, 6.45) is 7.27. The highest BCUT2D eigenvalue weighted by atomic mass is 16.5. The molecule has 4 rings (SSSR count). The molecule has 3 aromatic rings. The van der Waals surface area contributed by atoms with Gasteiger partial charge in [-0.3, -0.25) is 0 Å². The molecule has 0 unspecified atom stereocenters. The van der Waals surface area contributed by atoms with Gasteiger partial charge in [0.25, 0.3) is 0 Å². The molecule has 0 aliphatic carbocycles. The maximum absolute atomic E-state index is 6.19. The Kier molecular flexibility index (Phi) is 4.86. The van der Waals surface area contributed by atoms with E-state index >= 15 is 0 Å². The fraction of sp³-hybridized carbons (Fsp3) is 0.0400. The number of hydrogen-bond donors (Lipinski definition) is 1. The number of anilines is 2. The summed E-state index contributed by atoms with van der Waals surface area (Å²) in [6.45, 7) is 4.39. The standard InChI is InChI=1S/C25H19NO2/c1-3-15-27-20-13-14-23(26-19-9-5-4-6-10-19)22(17-20)25-16-18(2)21-11-7-8-12-24(21)28-25/h1,4-14,16-17,26H,2,15H2. The molecule has 0 saturated heterocycles. The Hall–Kier alpha value is -3.90. The van der Waals surface area contributed by atoms with Gasteiger partial charge in [-0.2, -0.15) is 0 Å². The van der Waals surface area contributed by atoms with Gasteiger partial charge in [-0.05, 0) is 48.0 Å². The van der Waals surface area contributed by atoms with Gasteiger partial charge in [0.2, 0.25) is 0 Å². The van der Waals surface area contributed by atoms with Crippen molar-refractivity contribution in [1.82, 2.24) is 0 Å². The molecule has 0 amide bonds. The number of para-hydroxylation sites is 2. The van der Waals surface area contributed by atoms with Crippen LogP contribution in [0.2, 0.25) is 0 Å². The van der Waals surface area contributed by atoms with Crippen LogP contribution in [-0.4, -0.2) is 6.61 Å². The first-order valence-corrected chi connectivity index (χ1v) is 8.95. The van der Waals surface area contributed by atoms with E-state index in [2.05, 4.69) is 17.8 Å². The largest absolute Gasteiger partial charge is 0.481 e. The van der Waals surface area contributed by atoms with Gasteiger partial charge in [-0.1, -0.05) is 48.9 Å². The number of benzene rings is 3. The first-order chi connectivity index (χ1) is 13.7. The summed E-state index contributed by atoms with van der Waals surface area (Å²) in [5.41, 5.74) is 4.64.